The summed E-state index contributed by atoms with van der Waals surface area (Å²) in [4.78, 5) is 14.4. The molecule has 2 aliphatic rings. The fraction of sp³-hybridized carbons (Fsp3) is 0.600. The highest BCUT2D eigenvalue weighted by Gasteiger charge is 2.31. The molecule has 0 aliphatic carbocycles. The Kier molecular flexibility index (Phi) is 9.40. The second-order valence-electron chi connectivity index (χ2n) is 9.35. The average Bonchev–Trinajstić information content (AvgIpc) is 3.43. The summed E-state index contributed by atoms with van der Waals surface area (Å²) in [5, 5.41) is 3.56. The summed E-state index contributed by atoms with van der Waals surface area (Å²) in [6.45, 7) is 12.9. The molecule has 6 nitrogen and oxygen atoms in total. The second-order valence-corrected chi connectivity index (χ2v) is 9.35. The molecule has 176 valence electrons. The van der Waals surface area contributed by atoms with E-state index in [1.54, 1.807) is 0 Å². The SMILES string of the molecule is CCNC(=NCC1CC(C)N(Cc2ccccc2)C1)N1CCC(C)C(n2ccnc2)C1.I. The summed E-state index contributed by atoms with van der Waals surface area (Å²) in [7, 11) is 0. The van der Waals surface area contributed by atoms with Gasteiger partial charge in [0.2, 0.25) is 0 Å². The maximum atomic E-state index is 5.12. The first kappa shape index (κ1) is 25.0. The van der Waals surface area contributed by atoms with Crippen molar-refractivity contribution < 1.29 is 0 Å². The van der Waals surface area contributed by atoms with E-state index >= 15 is 0 Å². The normalized spacial score (nSPS) is 26.7. The van der Waals surface area contributed by atoms with E-state index in [-0.39, 0.29) is 24.0 Å². The predicted molar refractivity (Wildman–Crippen MR) is 142 cm³/mol. The van der Waals surface area contributed by atoms with E-state index in [0.717, 1.165) is 45.2 Å². The molecule has 2 aliphatic heterocycles. The Balaban J connectivity index is 0.00000289. The third-order valence-electron chi connectivity index (χ3n) is 6.98. The number of piperidine rings is 1. The standard InChI is InChI=1S/C25H38N6.HI/c1-4-27-25(29-12-10-20(2)24(18-29)30-13-11-26-19-30)28-15-23-14-21(3)31(17-23)16-22-8-6-5-7-9-22;/h5-9,11,13,19-21,23-24H,4,10,12,14-18H2,1-3H3,(H,27,28);1H. The molecule has 1 aromatic heterocycles. The first-order valence-electron chi connectivity index (χ1n) is 11.9. The largest absolute Gasteiger partial charge is 0.357 e. The van der Waals surface area contributed by atoms with E-state index in [1.807, 2.05) is 12.5 Å². The lowest BCUT2D eigenvalue weighted by Crippen LogP contribution is -2.49. The summed E-state index contributed by atoms with van der Waals surface area (Å²) in [5.41, 5.74) is 1.40. The van der Waals surface area contributed by atoms with Gasteiger partial charge in [0.1, 0.15) is 0 Å². The lowest BCUT2D eigenvalue weighted by atomic mass is 9.93. The lowest BCUT2D eigenvalue weighted by Gasteiger charge is -2.39. The van der Waals surface area contributed by atoms with Crippen molar-refractivity contribution >= 4 is 29.9 Å². The molecule has 4 atom stereocenters. The zero-order chi connectivity index (χ0) is 21.6. The average molecular weight is 551 g/mol. The van der Waals surface area contributed by atoms with Gasteiger partial charge < -0.3 is 14.8 Å². The molecule has 7 heteroatoms. The fourth-order valence-corrected chi connectivity index (χ4v) is 5.12. The van der Waals surface area contributed by atoms with Crippen LogP contribution in [-0.2, 0) is 6.54 Å². The van der Waals surface area contributed by atoms with Crippen LogP contribution in [0.2, 0.25) is 0 Å². The van der Waals surface area contributed by atoms with Crippen LogP contribution < -0.4 is 5.32 Å². The van der Waals surface area contributed by atoms with Crippen molar-refractivity contribution in [3.05, 3.63) is 54.6 Å². The van der Waals surface area contributed by atoms with Crippen LogP contribution in [0.15, 0.2) is 54.0 Å². The summed E-state index contributed by atoms with van der Waals surface area (Å²) in [6, 6.07) is 11.9. The monoisotopic (exact) mass is 550 g/mol. The molecule has 2 fully saturated rings. The minimum Gasteiger partial charge on any atom is -0.357 e. The van der Waals surface area contributed by atoms with Gasteiger partial charge in [0.15, 0.2) is 5.96 Å². The van der Waals surface area contributed by atoms with Gasteiger partial charge in [0.05, 0.1) is 12.4 Å². The molecule has 3 heterocycles. The molecular formula is C25H39IN6. The number of halogens is 1. The Morgan fingerprint density at radius 3 is 2.72 bits per heavy atom. The van der Waals surface area contributed by atoms with Crippen molar-refractivity contribution in [1.82, 2.24) is 24.7 Å². The fourth-order valence-electron chi connectivity index (χ4n) is 5.12. The van der Waals surface area contributed by atoms with Gasteiger partial charge in [-0.3, -0.25) is 9.89 Å². The van der Waals surface area contributed by atoms with Crippen molar-refractivity contribution in [2.45, 2.75) is 52.2 Å². The highest BCUT2D eigenvalue weighted by atomic mass is 127. The number of nitrogens with one attached hydrogen (secondary N) is 1. The van der Waals surface area contributed by atoms with Crippen LogP contribution in [0.4, 0.5) is 0 Å². The Bertz CT molecular complexity index is 824. The number of benzene rings is 1. The zero-order valence-electron chi connectivity index (χ0n) is 19.7. The van der Waals surface area contributed by atoms with Crippen LogP contribution in [0.1, 0.15) is 45.2 Å². The topological polar surface area (TPSA) is 48.7 Å². The molecule has 4 unspecified atom stereocenters. The van der Waals surface area contributed by atoms with Crippen molar-refractivity contribution in [2.75, 3.05) is 32.7 Å². The van der Waals surface area contributed by atoms with Gasteiger partial charge in [0.25, 0.3) is 0 Å². The maximum Gasteiger partial charge on any atom is 0.193 e. The summed E-state index contributed by atoms with van der Waals surface area (Å²) >= 11 is 0. The van der Waals surface area contributed by atoms with Crippen LogP contribution in [0.5, 0.6) is 0 Å². The zero-order valence-corrected chi connectivity index (χ0v) is 22.1. The molecule has 0 spiro atoms. The Morgan fingerprint density at radius 2 is 2.00 bits per heavy atom. The van der Waals surface area contributed by atoms with Crippen LogP contribution in [-0.4, -0.2) is 64.1 Å². The first-order chi connectivity index (χ1) is 15.1. The van der Waals surface area contributed by atoms with E-state index in [0.29, 0.717) is 23.9 Å². The number of likely N-dealkylation sites (tertiary alicyclic amines) is 2. The number of guanidine groups is 1. The minimum atomic E-state index is 0. The summed E-state index contributed by atoms with van der Waals surface area (Å²) in [5.74, 6) is 2.35. The van der Waals surface area contributed by atoms with Crippen molar-refractivity contribution in [3.8, 4) is 0 Å². The van der Waals surface area contributed by atoms with E-state index in [9.17, 15) is 0 Å². The van der Waals surface area contributed by atoms with E-state index in [2.05, 4.69) is 82.0 Å². The van der Waals surface area contributed by atoms with Crippen molar-refractivity contribution in [3.63, 3.8) is 0 Å². The van der Waals surface area contributed by atoms with Gasteiger partial charge in [0, 0.05) is 57.7 Å². The molecule has 2 saturated heterocycles. The van der Waals surface area contributed by atoms with E-state index < -0.39 is 0 Å². The molecular weight excluding hydrogens is 511 g/mol. The van der Waals surface area contributed by atoms with Gasteiger partial charge in [-0.25, -0.2) is 4.98 Å². The van der Waals surface area contributed by atoms with Crippen LogP contribution >= 0.6 is 24.0 Å². The number of aliphatic imine (C=N–C) groups is 1. The Morgan fingerprint density at radius 1 is 1.19 bits per heavy atom. The summed E-state index contributed by atoms with van der Waals surface area (Å²) in [6.07, 6.45) is 8.34. The molecule has 4 rings (SSSR count). The van der Waals surface area contributed by atoms with Crippen LogP contribution in [0.25, 0.3) is 0 Å². The lowest BCUT2D eigenvalue weighted by molar-refractivity contribution is 0.189. The number of rotatable bonds is 6. The first-order valence-corrected chi connectivity index (χ1v) is 11.9. The van der Waals surface area contributed by atoms with Gasteiger partial charge in [-0.2, -0.15) is 0 Å². The molecule has 0 bridgehead atoms. The van der Waals surface area contributed by atoms with Gasteiger partial charge in [-0.1, -0.05) is 37.3 Å². The van der Waals surface area contributed by atoms with Crippen LogP contribution in [0.3, 0.4) is 0 Å². The Labute approximate surface area is 210 Å². The molecule has 2 aromatic rings. The van der Waals surface area contributed by atoms with E-state index in [4.69, 9.17) is 4.99 Å². The molecule has 32 heavy (non-hydrogen) atoms. The predicted octanol–water partition coefficient (Wildman–Crippen LogP) is 4.26. The number of nitrogens with zero attached hydrogens (tertiary/aromatic N) is 5. The molecule has 0 saturated carbocycles. The molecule has 0 radical (unpaired) electrons. The second kappa shape index (κ2) is 12.0. The molecule has 1 N–H and O–H groups in total. The molecule has 1 aromatic carbocycles. The number of imidazole rings is 1. The van der Waals surface area contributed by atoms with Gasteiger partial charge >= 0.3 is 0 Å². The van der Waals surface area contributed by atoms with E-state index in [1.165, 1.54) is 18.4 Å². The smallest absolute Gasteiger partial charge is 0.193 e. The highest BCUT2D eigenvalue weighted by molar-refractivity contribution is 14.0. The highest BCUT2D eigenvalue weighted by Crippen LogP contribution is 2.28. The number of hydrogen-bond acceptors (Lipinski definition) is 3. The van der Waals surface area contributed by atoms with Crippen LogP contribution in [0, 0.1) is 11.8 Å². The third kappa shape index (κ3) is 6.25. The quantitative estimate of drug-likeness (QED) is 0.332. The Hall–Kier alpha value is -1.61. The maximum absolute atomic E-state index is 5.12. The molecule has 0 amide bonds. The summed E-state index contributed by atoms with van der Waals surface area (Å²) < 4.78 is 2.26. The number of hydrogen-bond donors (Lipinski definition) is 1. The number of aromatic nitrogens is 2. The minimum absolute atomic E-state index is 0. The van der Waals surface area contributed by atoms with Crippen molar-refractivity contribution in [2.24, 2.45) is 16.8 Å². The van der Waals surface area contributed by atoms with Gasteiger partial charge in [-0.15, -0.1) is 24.0 Å². The van der Waals surface area contributed by atoms with Crippen molar-refractivity contribution in [1.29, 1.82) is 0 Å². The van der Waals surface area contributed by atoms with Gasteiger partial charge in [-0.05, 0) is 44.1 Å². The third-order valence-corrected chi connectivity index (χ3v) is 6.98.